The molecule has 2 amide bonds. The van der Waals surface area contributed by atoms with Gasteiger partial charge in [0, 0.05) is 30.6 Å². The molecule has 1 saturated heterocycles. The predicted octanol–water partition coefficient (Wildman–Crippen LogP) is 3.89. The van der Waals surface area contributed by atoms with Gasteiger partial charge in [-0.1, -0.05) is 86.5 Å². The van der Waals surface area contributed by atoms with Gasteiger partial charge in [-0.3, -0.25) is 9.69 Å². The van der Waals surface area contributed by atoms with Crippen LogP contribution >= 0.6 is 0 Å². The molecule has 1 unspecified atom stereocenters. The summed E-state index contributed by atoms with van der Waals surface area (Å²) in [5.41, 5.74) is 8.72. The van der Waals surface area contributed by atoms with E-state index in [1.54, 1.807) is 0 Å². The van der Waals surface area contributed by atoms with Crippen molar-refractivity contribution < 1.29 is 19.1 Å². The Hall–Kier alpha value is -3.33. The van der Waals surface area contributed by atoms with Crippen LogP contribution < -0.4 is 15.7 Å². The van der Waals surface area contributed by atoms with E-state index in [1.807, 2.05) is 36.4 Å². The summed E-state index contributed by atoms with van der Waals surface area (Å²) in [5.74, 6) is -0.374. The number of rotatable bonds is 9. The second-order valence-electron chi connectivity index (χ2n) is 10.0. The molecule has 1 heterocycles. The smallest absolute Gasteiger partial charge is 0.407 e. The summed E-state index contributed by atoms with van der Waals surface area (Å²) < 4.78 is 6.83. The van der Waals surface area contributed by atoms with E-state index in [2.05, 4.69) is 60.4 Å². The van der Waals surface area contributed by atoms with Crippen molar-refractivity contribution in [3.05, 3.63) is 71.1 Å². The van der Waals surface area contributed by atoms with Crippen LogP contribution in [-0.2, 0) is 9.22 Å². The Bertz CT molecular complexity index is 1030. The summed E-state index contributed by atoms with van der Waals surface area (Å²) in [6, 6.07) is 19.4. The van der Waals surface area contributed by atoms with Crippen LogP contribution in [-0.4, -0.2) is 62.1 Å². The number of benzene rings is 2. The number of nitrogens with one attached hydrogen (secondary N) is 1. The van der Waals surface area contributed by atoms with Gasteiger partial charge in [0.1, 0.15) is 6.04 Å². The topological polar surface area (TPSA) is 128 Å². The first kappa shape index (κ1) is 27.3. The Morgan fingerprint density at radius 1 is 1.14 bits per heavy atom. The molecule has 3 rings (SSSR count). The maximum Gasteiger partial charge on any atom is 0.407 e. The first-order valence-electron chi connectivity index (χ1n) is 12.3. The number of carbonyl (C=O) groups is 2. The van der Waals surface area contributed by atoms with Crippen molar-refractivity contribution in [2.75, 3.05) is 19.7 Å². The van der Waals surface area contributed by atoms with Gasteiger partial charge >= 0.3 is 6.09 Å². The van der Waals surface area contributed by atoms with Gasteiger partial charge in [-0.25, -0.2) is 4.79 Å². The highest BCUT2D eigenvalue weighted by Crippen LogP contribution is 2.36. The molecule has 0 aliphatic carbocycles. The SMILES string of the molecule is CC(C)(C)[Si](OCCCNC(=O)[C@@H]1CC(N=[N+]=[N-])CCN1C(=O)O)(c1ccccc1)c1ccccc1. The molecule has 0 spiro atoms. The second-order valence-corrected chi connectivity index (χ2v) is 14.3. The van der Waals surface area contributed by atoms with Gasteiger partial charge in [0.05, 0.1) is 0 Å². The molecule has 192 valence electrons. The normalized spacial score (nSPS) is 18.2. The van der Waals surface area contributed by atoms with Gasteiger partial charge in [0.15, 0.2) is 0 Å². The van der Waals surface area contributed by atoms with E-state index < -0.39 is 20.5 Å². The highest BCUT2D eigenvalue weighted by molar-refractivity contribution is 6.99. The number of nitrogens with zero attached hydrogens (tertiary/aromatic N) is 4. The fraction of sp³-hybridized carbons (Fsp3) is 0.462. The molecule has 2 aromatic rings. The first-order valence-corrected chi connectivity index (χ1v) is 14.2. The Morgan fingerprint density at radius 3 is 2.22 bits per heavy atom. The number of hydrogen-bond donors (Lipinski definition) is 2. The van der Waals surface area contributed by atoms with E-state index in [9.17, 15) is 14.7 Å². The minimum absolute atomic E-state index is 0.140. The quantitative estimate of drug-likeness (QED) is 0.175. The number of likely N-dealkylation sites (tertiary alicyclic amines) is 1. The minimum atomic E-state index is -2.65. The van der Waals surface area contributed by atoms with Gasteiger partial charge < -0.3 is 14.8 Å². The fourth-order valence-corrected chi connectivity index (χ4v) is 9.60. The molecule has 2 atom stereocenters. The zero-order chi connectivity index (χ0) is 26.2. The molecule has 10 heteroatoms. The van der Waals surface area contributed by atoms with Crippen LogP contribution in [0.3, 0.4) is 0 Å². The highest BCUT2D eigenvalue weighted by Gasteiger charge is 2.50. The van der Waals surface area contributed by atoms with Crippen LogP contribution in [0.25, 0.3) is 10.4 Å². The summed E-state index contributed by atoms with van der Waals surface area (Å²) in [4.78, 5) is 28.4. The molecule has 1 aliphatic heterocycles. The van der Waals surface area contributed by atoms with Crippen molar-refractivity contribution in [1.29, 1.82) is 0 Å². The molecule has 0 bridgehead atoms. The zero-order valence-corrected chi connectivity index (χ0v) is 22.1. The van der Waals surface area contributed by atoms with Crippen molar-refractivity contribution in [1.82, 2.24) is 10.2 Å². The van der Waals surface area contributed by atoms with Gasteiger partial charge in [0.2, 0.25) is 5.91 Å². The summed E-state index contributed by atoms with van der Waals surface area (Å²) >= 11 is 0. The monoisotopic (exact) mass is 509 g/mol. The summed E-state index contributed by atoms with van der Waals surface area (Å²) in [5, 5.41) is 18.3. The van der Waals surface area contributed by atoms with Crippen LogP contribution in [0.4, 0.5) is 4.79 Å². The maximum absolute atomic E-state index is 12.8. The summed E-state index contributed by atoms with van der Waals surface area (Å²) in [7, 11) is -2.65. The summed E-state index contributed by atoms with van der Waals surface area (Å²) in [6.45, 7) is 7.60. The van der Waals surface area contributed by atoms with Crippen molar-refractivity contribution in [3.63, 3.8) is 0 Å². The number of amides is 2. The van der Waals surface area contributed by atoms with Crippen LogP contribution in [0.2, 0.25) is 5.04 Å². The molecule has 2 N–H and O–H groups in total. The Morgan fingerprint density at radius 2 is 1.72 bits per heavy atom. The lowest BCUT2D eigenvalue weighted by Gasteiger charge is -2.43. The van der Waals surface area contributed by atoms with Crippen LogP contribution in [0.15, 0.2) is 65.8 Å². The molecular formula is C26H35N5O4Si. The standard InChI is InChI=1S/C26H35N5O4Si/c1-26(2,3)36(21-11-6-4-7-12-21,22-13-8-5-9-14-22)35-18-10-16-28-24(32)23-19-20(29-30-27)15-17-31(23)25(33)34/h4-9,11-14,20,23H,10,15-19H2,1-3H3,(H,28,32)(H,33,34)/t20?,23-/m0/s1. The van der Waals surface area contributed by atoms with Crippen molar-refractivity contribution in [2.45, 2.75) is 57.2 Å². The van der Waals surface area contributed by atoms with Gasteiger partial charge in [-0.2, -0.15) is 0 Å². The summed E-state index contributed by atoms with van der Waals surface area (Å²) in [6.07, 6.45) is 0.0211. The lowest BCUT2D eigenvalue weighted by molar-refractivity contribution is -0.127. The van der Waals surface area contributed by atoms with Crippen LogP contribution in [0, 0.1) is 0 Å². The van der Waals surface area contributed by atoms with Gasteiger partial charge in [-0.05, 0) is 40.2 Å². The van der Waals surface area contributed by atoms with E-state index in [-0.39, 0.29) is 30.0 Å². The molecular weight excluding hydrogens is 474 g/mol. The minimum Gasteiger partial charge on any atom is -0.465 e. The van der Waals surface area contributed by atoms with Gasteiger partial charge in [-0.15, -0.1) is 0 Å². The number of hydrogen-bond acceptors (Lipinski definition) is 4. The molecule has 2 aromatic carbocycles. The third kappa shape index (κ3) is 6.07. The molecule has 1 fully saturated rings. The van der Waals surface area contributed by atoms with E-state index in [1.165, 1.54) is 10.4 Å². The zero-order valence-electron chi connectivity index (χ0n) is 21.1. The van der Waals surface area contributed by atoms with Crippen LogP contribution in [0.1, 0.15) is 40.0 Å². The second kappa shape index (κ2) is 12.1. The molecule has 9 nitrogen and oxygen atoms in total. The van der Waals surface area contributed by atoms with Crippen LogP contribution in [0.5, 0.6) is 0 Å². The number of carboxylic acid groups (broad SMARTS) is 1. The Kier molecular flexibility index (Phi) is 9.14. The maximum atomic E-state index is 12.8. The molecule has 0 aromatic heterocycles. The highest BCUT2D eigenvalue weighted by atomic mass is 28.4. The average Bonchev–Trinajstić information content (AvgIpc) is 2.86. The van der Waals surface area contributed by atoms with E-state index in [0.29, 0.717) is 26.0 Å². The molecule has 1 aliphatic rings. The van der Waals surface area contributed by atoms with E-state index in [4.69, 9.17) is 9.96 Å². The number of piperidine rings is 1. The largest absolute Gasteiger partial charge is 0.465 e. The average molecular weight is 510 g/mol. The third-order valence-electron chi connectivity index (χ3n) is 6.69. The van der Waals surface area contributed by atoms with Crippen molar-refractivity contribution >= 4 is 30.7 Å². The lowest BCUT2D eigenvalue weighted by atomic mass is 9.97. The Labute approximate surface area is 213 Å². The third-order valence-corrected chi connectivity index (χ3v) is 11.7. The first-order chi connectivity index (χ1) is 17.2. The van der Waals surface area contributed by atoms with E-state index >= 15 is 0 Å². The molecule has 0 saturated carbocycles. The van der Waals surface area contributed by atoms with Gasteiger partial charge in [0.25, 0.3) is 8.32 Å². The predicted molar refractivity (Wildman–Crippen MR) is 142 cm³/mol. The van der Waals surface area contributed by atoms with Crippen molar-refractivity contribution in [2.24, 2.45) is 5.11 Å². The van der Waals surface area contributed by atoms with Crippen molar-refractivity contribution in [3.8, 4) is 0 Å². The Balaban J connectivity index is 1.69. The molecule has 36 heavy (non-hydrogen) atoms. The number of carbonyl (C=O) groups excluding carboxylic acids is 1. The molecule has 0 radical (unpaired) electrons. The number of azide groups is 1. The van der Waals surface area contributed by atoms with E-state index in [0.717, 1.165) is 4.90 Å². The fourth-order valence-electron chi connectivity index (χ4n) is 4.99. The lowest BCUT2D eigenvalue weighted by Crippen LogP contribution is -2.66.